The topological polar surface area (TPSA) is 75.6 Å². The SMILES string of the molecule is CC(C)(C)c1ccc(-c2csc(NC(=O)CCn3c(-c4cccs4)n[nH]c3=S)n2)cc1. The van der Waals surface area contributed by atoms with Gasteiger partial charge in [-0.2, -0.15) is 5.10 Å². The second-order valence-electron chi connectivity index (χ2n) is 8.14. The normalized spacial score (nSPS) is 11.6. The summed E-state index contributed by atoms with van der Waals surface area (Å²) in [5.41, 5.74) is 3.29. The third-order valence-electron chi connectivity index (χ3n) is 4.86. The third-order valence-corrected chi connectivity index (χ3v) is 6.79. The number of nitrogens with one attached hydrogen (secondary N) is 2. The lowest BCUT2D eigenvalue weighted by molar-refractivity contribution is -0.116. The molecule has 0 bridgehead atoms. The van der Waals surface area contributed by atoms with Gasteiger partial charge in [0.25, 0.3) is 0 Å². The number of amides is 1. The Balaban J connectivity index is 1.39. The Hall–Kier alpha value is -2.62. The highest BCUT2D eigenvalue weighted by Crippen LogP contribution is 2.28. The van der Waals surface area contributed by atoms with E-state index in [4.69, 9.17) is 12.2 Å². The first-order valence-electron chi connectivity index (χ1n) is 9.86. The van der Waals surface area contributed by atoms with E-state index in [2.05, 4.69) is 65.5 Å². The predicted octanol–water partition coefficient (Wildman–Crippen LogP) is 6.12. The Kier molecular flexibility index (Phi) is 6.17. The number of carbonyl (C=O) groups is 1. The Morgan fingerprint density at radius 2 is 1.97 bits per heavy atom. The van der Waals surface area contributed by atoms with Crippen LogP contribution in [-0.4, -0.2) is 25.7 Å². The van der Waals surface area contributed by atoms with E-state index >= 15 is 0 Å². The number of aromatic amines is 1. The van der Waals surface area contributed by atoms with Gasteiger partial charge in [0.2, 0.25) is 5.91 Å². The van der Waals surface area contributed by atoms with Crippen LogP contribution in [0.5, 0.6) is 0 Å². The summed E-state index contributed by atoms with van der Waals surface area (Å²) in [4.78, 5) is 18.1. The fraction of sp³-hybridized carbons (Fsp3) is 0.273. The van der Waals surface area contributed by atoms with Crippen LogP contribution in [0.15, 0.2) is 47.2 Å². The summed E-state index contributed by atoms with van der Waals surface area (Å²) >= 11 is 8.33. The first-order chi connectivity index (χ1) is 14.8. The van der Waals surface area contributed by atoms with Crippen molar-refractivity contribution < 1.29 is 4.79 Å². The molecule has 9 heteroatoms. The van der Waals surface area contributed by atoms with Crippen LogP contribution in [0.25, 0.3) is 22.0 Å². The summed E-state index contributed by atoms with van der Waals surface area (Å²) in [5.74, 6) is 0.646. The highest BCUT2D eigenvalue weighted by atomic mass is 32.1. The number of thiophene rings is 1. The van der Waals surface area contributed by atoms with Gasteiger partial charge in [0.05, 0.1) is 10.6 Å². The number of benzene rings is 1. The number of thiazole rings is 1. The number of H-pyrrole nitrogens is 1. The van der Waals surface area contributed by atoms with Crippen LogP contribution in [0, 0.1) is 4.77 Å². The lowest BCUT2D eigenvalue weighted by Crippen LogP contribution is -2.15. The predicted molar refractivity (Wildman–Crippen MR) is 130 cm³/mol. The summed E-state index contributed by atoms with van der Waals surface area (Å²) in [6.45, 7) is 7.02. The number of hydrogen-bond donors (Lipinski definition) is 2. The summed E-state index contributed by atoms with van der Waals surface area (Å²) in [5, 5.41) is 14.5. The average molecular weight is 470 g/mol. The van der Waals surface area contributed by atoms with Gasteiger partial charge in [-0.1, -0.05) is 51.1 Å². The maximum absolute atomic E-state index is 12.5. The molecule has 3 aromatic heterocycles. The molecule has 1 aromatic carbocycles. The summed E-state index contributed by atoms with van der Waals surface area (Å²) in [7, 11) is 0. The maximum Gasteiger partial charge on any atom is 0.227 e. The van der Waals surface area contributed by atoms with Crippen LogP contribution < -0.4 is 5.32 Å². The van der Waals surface area contributed by atoms with Gasteiger partial charge in [-0.3, -0.25) is 14.5 Å². The second-order valence-corrected chi connectivity index (χ2v) is 10.3. The van der Waals surface area contributed by atoms with Crippen molar-refractivity contribution in [2.75, 3.05) is 5.32 Å². The monoisotopic (exact) mass is 469 g/mol. The standard InChI is InChI=1S/C22H23N5OS3/c1-22(2,3)15-8-6-14(7-9-15)16-13-31-20(23-16)24-18(28)10-11-27-19(25-26-21(27)29)17-5-4-12-30-17/h4-9,12-13H,10-11H2,1-3H3,(H,26,29)(H,23,24,28). The number of aromatic nitrogens is 4. The van der Waals surface area contributed by atoms with E-state index in [1.807, 2.05) is 27.5 Å². The Bertz CT molecular complexity index is 1230. The number of anilines is 1. The zero-order valence-corrected chi connectivity index (χ0v) is 20.0. The lowest BCUT2D eigenvalue weighted by Gasteiger charge is -2.18. The molecule has 4 rings (SSSR count). The van der Waals surface area contributed by atoms with E-state index in [1.165, 1.54) is 16.9 Å². The van der Waals surface area contributed by atoms with Crippen LogP contribution in [-0.2, 0) is 16.8 Å². The fourth-order valence-corrected chi connectivity index (χ4v) is 4.80. The molecule has 0 spiro atoms. The molecular weight excluding hydrogens is 446 g/mol. The van der Waals surface area contributed by atoms with E-state index in [9.17, 15) is 4.79 Å². The van der Waals surface area contributed by atoms with Gasteiger partial charge in [0.15, 0.2) is 15.7 Å². The maximum atomic E-state index is 12.5. The Labute approximate surface area is 194 Å². The average Bonchev–Trinajstić information content (AvgIpc) is 3.47. The highest BCUT2D eigenvalue weighted by molar-refractivity contribution is 7.71. The van der Waals surface area contributed by atoms with Crippen molar-refractivity contribution in [3.63, 3.8) is 0 Å². The molecule has 0 aliphatic rings. The van der Waals surface area contributed by atoms with E-state index in [0.717, 1.165) is 22.0 Å². The first kappa shape index (κ1) is 21.6. The molecule has 160 valence electrons. The van der Waals surface area contributed by atoms with Crippen molar-refractivity contribution in [3.8, 4) is 22.0 Å². The van der Waals surface area contributed by atoms with Crippen LogP contribution in [0.2, 0.25) is 0 Å². The van der Waals surface area contributed by atoms with Crippen LogP contribution in [0.3, 0.4) is 0 Å². The Morgan fingerprint density at radius 1 is 1.19 bits per heavy atom. The van der Waals surface area contributed by atoms with E-state index < -0.39 is 0 Å². The molecule has 0 saturated carbocycles. The zero-order valence-electron chi connectivity index (χ0n) is 17.5. The third kappa shape index (κ3) is 5.00. The summed E-state index contributed by atoms with van der Waals surface area (Å²) in [6.07, 6.45) is 0.279. The largest absolute Gasteiger partial charge is 0.302 e. The van der Waals surface area contributed by atoms with Crippen molar-refractivity contribution in [2.24, 2.45) is 0 Å². The van der Waals surface area contributed by atoms with Gasteiger partial charge in [-0.15, -0.1) is 22.7 Å². The molecule has 4 aromatic rings. The number of carbonyl (C=O) groups excluding carboxylic acids is 1. The van der Waals surface area contributed by atoms with Gasteiger partial charge in [-0.25, -0.2) is 4.98 Å². The number of hydrogen-bond acceptors (Lipinski definition) is 6. The van der Waals surface area contributed by atoms with Crippen molar-refractivity contribution in [1.29, 1.82) is 0 Å². The zero-order chi connectivity index (χ0) is 22.0. The molecule has 0 radical (unpaired) electrons. The van der Waals surface area contributed by atoms with Gasteiger partial charge in [0.1, 0.15) is 0 Å². The van der Waals surface area contributed by atoms with Gasteiger partial charge in [-0.05, 0) is 34.6 Å². The molecule has 0 fully saturated rings. The minimum absolute atomic E-state index is 0.107. The van der Waals surface area contributed by atoms with E-state index in [1.54, 1.807) is 11.3 Å². The quantitative estimate of drug-likeness (QED) is 0.334. The van der Waals surface area contributed by atoms with Crippen molar-refractivity contribution in [1.82, 2.24) is 19.7 Å². The molecule has 6 nitrogen and oxygen atoms in total. The second kappa shape index (κ2) is 8.86. The molecular formula is C22H23N5OS3. The molecule has 31 heavy (non-hydrogen) atoms. The van der Waals surface area contributed by atoms with Gasteiger partial charge >= 0.3 is 0 Å². The van der Waals surface area contributed by atoms with Crippen molar-refractivity contribution in [2.45, 2.75) is 39.2 Å². The lowest BCUT2D eigenvalue weighted by atomic mass is 9.86. The molecule has 0 atom stereocenters. The van der Waals surface area contributed by atoms with E-state index in [-0.39, 0.29) is 17.7 Å². The summed E-state index contributed by atoms with van der Waals surface area (Å²) in [6, 6.07) is 12.4. The van der Waals surface area contributed by atoms with Crippen molar-refractivity contribution >= 4 is 45.9 Å². The Morgan fingerprint density at radius 3 is 2.65 bits per heavy atom. The molecule has 0 unspecified atom stereocenters. The minimum Gasteiger partial charge on any atom is -0.302 e. The number of nitrogens with zero attached hydrogens (tertiary/aromatic N) is 3. The molecule has 0 aliphatic heterocycles. The summed E-state index contributed by atoms with van der Waals surface area (Å²) < 4.78 is 2.36. The van der Waals surface area contributed by atoms with Gasteiger partial charge in [0, 0.05) is 23.9 Å². The first-order valence-corrected chi connectivity index (χ1v) is 12.0. The molecule has 0 aliphatic carbocycles. The highest BCUT2D eigenvalue weighted by Gasteiger charge is 2.15. The number of rotatable bonds is 6. The van der Waals surface area contributed by atoms with E-state index in [0.29, 0.717) is 16.4 Å². The smallest absolute Gasteiger partial charge is 0.227 e. The van der Waals surface area contributed by atoms with Crippen molar-refractivity contribution in [3.05, 3.63) is 57.5 Å². The molecule has 2 N–H and O–H groups in total. The molecule has 0 saturated heterocycles. The van der Waals surface area contributed by atoms with Gasteiger partial charge < -0.3 is 5.32 Å². The molecule has 1 amide bonds. The minimum atomic E-state index is -0.107. The molecule has 3 heterocycles. The van der Waals surface area contributed by atoms with Crippen LogP contribution >= 0.6 is 34.9 Å². The van der Waals surface area contributed by atoms with Crippen LogP contribution in [0.4, 0.5) is 5.13 Å². The van der Waals surface area contributed by atoms with Crippen LogP contribution in [0.1, 0.15) is 32.8 Å². The fourth-order valence-electron chi connectivity index (χ4n) is 3.12.